The smallest absolute Gasteiger partial charge is 0.252 e. The molecule has 124 valence electrons. The summed E-state index contributed by atoms with van der Waals surface area (Å²) in [5.74, 6) is -0.715. The second kappa shape index (κ2) is 8.93. The molecule has 1 amide bonds. The highest BCUT2D eigenvalue weighted by atomic mass is 35.5. The highest BCUT2D eigenvalue weighted by Crippen LogP contribution is 2.23. The third kappa shape index (κ3) is 5.87. The Bertz CT molecular complexity index is 666. The van der Waals surface area contributed by atoms with Crippen LogP contribution in [0.4, 0.5) is 9.52 Å². The van der Waals surface area contributed by atoms with E-state index < -0.39 is 5.82 Å². The van der Waals surface area contributed by atoms with Crippen LogP contribution in [0.1, 0.15) is 10.4 Å². The number of carbonyl (C=O) groups excluding carboxylic acids is 1. The molecule has 0 saturated carbocycles. The van der Waals surface area contributed by atoms with E-state index in [1.54, 1.807) is 25.4 Å². The summed E-state index contributed by atoms with van der Waals surface area (Å²) in [6.07, 6.45) is 2.24. The van der Waals surface area contributed by atoms with E-state index in [0.29, 0.717) is 24.8 Å². The van der Waals surface area contributed by atoms with E-state index >= 15 is 0 Å². The summed E-state index contributed by atoms with van der Waals surface area (Å²) in [4.78, 5) is 16.7. The lowest BCUT2D eigenvalue weighted by atomic mass is 10.1. The van der Waals surface area contributed by atoms with Crippen LogP contribution >= 0.6 is 22.9 Å². The zero-order valence-corrected chi connectivity index (χ0v) is 14.0. The van der Waals surface area contributed by atoms with Crippen LogP contribution in [0.5, 0.6) is 0 Å². The molecule has 8 heteroatoms. The van der Waals surface area contributed by atoms with E-state index in [0.717, 1.165) is 10.4 Å². The molecule has 5 nitrogen and oxygen atoms in total. The Balaban J connectivity index is 1.85. The SMILES string of the molecule is COCCOCC(=O)Nc1ncc(Cc2ccc(F)c(Cl)c2)s1. The molecule has 2 rings (SSSR count). The number of anilines is 1. The third-order valence-electron chi connectivity index (χ3n) is 2.83. The second-order valence-corrected chi connectivity index (χ2v) is 6.17. The van der Waals surface area contributed by atoms with E-state index in [2.05, 4.69) is 10.3 Å². The lowest BCUT2D eigenvalue weighted by molar-refractivity contribution is -0.121. The number of methoxy groups -OCH3 is 1. The van der Waals surface area contributed by atoms with Gasteiger partial charge in [0.2, 0.25) is 0 Å². The first-order chi connectivity index (χ1) is 11.1. The van der Waals surface area contributed by atoms with Crippen LogP contribution in [0.25, 0.3) is 0 Å². The van der Waals surface area contributed by atoms with Crippen LogP contribution in [-0.4, -0.2) is 37.8 Å². The van der Waals surface area contributed by atoms with Crippen molar-refractivity contribution in [1.82, 2.24) is 4.98 Å². The maximum Gasteiger partial charge on any atom is 0.252 e. The Kier molecular flexibility index (Phi) is 6.91. The average Bonchev–Trinajstić information content (AvgIpc) is 2.94. The van der Waals surface area contributed by atoms with Crippen LogP contribution in [-0.2, 0) is 20.7 Å². The van der Waals surface area contributed by atoms with Crippen molar-refractivity contribution in [3.05, 3.63) is 45.7 Å². The van der Waals surface area contributed by atoms with Gasteiger partial charge in [-0.2, -0.15) is 0 Å². The molecule has 0 unspecified atom stereocenters. The van der Waals surface area contributed by atoms with Crippen molar-refractivity contribution >= 4 is 34.0 Å². The van der Waals surface area contributed by atoms with Crippen molar-refractivity contribution in [2.45, 2.75) is 6.42 Å². The van der Waals surface area contributed by atoms with Crippen LogP contribution in [0.3, 0.4) is 0 Å². The molecule has 1 heterocycles. The maximum absolute atomic E-state index is 13.1. The third-order valence-corrected chi connectivity index (χ3v) is 4.03. The van der Waals surface area contributed by atoms with Gasteiger partial charge in [-0.25, -0.2) is 9.37 Å². The fraction of sp³-hybridized carbons (Fsp3) is 0.333. The zero-order valence-electron chi connectivity index (χ0n) is 12.5. The van der Waals surface area contributed by atoms with Gasteiger partial charge in [-0.3, -0.25) is 10.1 Å². The summed E-state index contributed by atoms with van der Waals surface area (Å²) in [5.41, 5.74) is 0.876. The summed E-state index contributed by atoms with van der Waals surface area (Å²) < 4.78 is 23.1. The number of thiazole rings is 1. The topological polar surface area (TPSA) is 60.5 Å². The van der Waals surface area contributed by atoms with E-state index in [9.17, 15) is 9.18 Å². The fourth-order valence-electron chi connectivity index (χ4n) is 1.76. The van der Waals surface area contributed by atoms with Crippen molar-refractivity contribution in [3.63, 3.8) is 0 Å². The Morgan fingerprint density at radius 2 is 2.26 bits per heavy atom. The van der Waals surface area contributed by atoms with Gasteiger partial charge in [0, 0.05) is 24.6 Å². The van der Waals surface area contributed by atoms with Gasteiger partial charge in [-0.05, 0) is 17.7 Å². The number of ether oxygens (including phenoxy) is 2. The van der Waals surface area contributed by atoms with Crippen LogP contribution in [0, 0.1) is 5.82 Å². The number of halogens is 2. The number of carbonyl (C=O) groups is 1. The number of hydrogen-bond donors (Lipinski definition) is 1. The van der Waals surface area contributed by atoms with Crippen LogP contribution in [0.2, 0.25) is 5.02 Å². The Morgan fingerprint density at radius 3 is 3.00 bits per heavy atom. The number of hydrogen-bond acceptors (Lipinski definition) is 5. The number of nitrogens with one attached hydrogen (secondary N) is 1. The monoisotopic (exact) mass is 358 g/mol. The molecule has 0 aliphatic heterocycles. The largest absolute Gasteiger partial charge is 0.382 e. The van der Waals surface area contributed by atoms with Crippen molar-refractivity contribution in [1.29, 1.82) is 0 Å². The quantitative estimate of drug-likeness (QED) is 0.736. The molecular weight excluding hydrogens is 343 g/mol. The molecular formula is C15H16ClFN2O3S. The standard InChI is InChI=1S/C15H16ClFN2O3S/c1-21-4-5-22-9-14(20)19-15-18-8-11(23-15)6-10-2-3-13(17)12(16)7-10/h2-3,7-8H,4-6,9H2,1H3,(H,18,19,20). The fourth-order valence-corrected chi connectivity index (χ4v) is 2.83. The predicted octanol–water partition coefficient (Wildman–Crippen LogP) is 3.13. The molecule has 1 aromatic carbocycles. The summed E-state index contributed by atoms with van der Waals surface area (Å²) >= 11 is 7.11. The van der Waals surface area contributed by atoms with Gasteiger partial charge >= 0.3 is 0 Å². The first-order valence-electron chi connectivity index (χ1n) is 6.83. The summed E-state index contributed by atoms with van der Waals surface area (Å²) in [6.45, 7) is 0.749. The predicted molar refractivity (Wildman–Crippen MR) is 87.7 cm³/mol. The van der Waals surface area contributed by atoms with Crippen LogP contribution < -0.4 is 5.32 Å². The van der Waals surface area contributed by atoms with Gasteiger partial charge in [0.15, 0.2) is 5.13 Å². The maximum atomic E-state index is 13.1. The van der Waals surface area contributed by atoms with Gasteiger partial charge in [-0.15, -0.1) is 11.3 Å². The van der Waals surface area contributed by atoms with E-state index in [4.69, 9.17) is 21.1 Å². The molecule has 23 heavy (non-hydrogen) atoms. The van der Waals surface area contributed by atoms with Crippen molar-refractivity contribution in [3.8, 4) is 0 Å². The van der Waals surface area contributed by atoms with E-state index in [1.165, 1.54) is 17.4 Å². The molecule has 0 aliphatic carbocycles. The Morgan fingerprint density at radius 1 is 1.43 bits per heavy atom. The summed E-state index contributed by atoms with van der Waals surface area (Å²) in [5, 5.41) is 3.25. The molecule has 0 radical (unpaired) electrons. The summed E-state index contributed by atoms with van der Waals surface area (Å²) in [6, 6.07) is 4.58. The Hall–Kier alpha value is -1.54. The number of nitrogens with zero attached hydrogens (tertiary/aromatic N) is 1. The average molecular weight is 359 g/mol. The normalized spacial score (nSPS) is 10.7. The zero-order chi connectivity index (χ0) is 16.7. The molecule has 0 aliphatic rings. The van der Waals surface area contributed by atoms with Crippen molar-refractivity contribution < 1.29 is 18.7 Å². The number of rotatable bonds is 8. The van der Waals surface area contributed by atoms with Gasteiger partial charge in [0.1, 0.15) is 12.4 Å². The molecule has 0 saturated heterocycles. The van der Waals surface area contributed by atoms with Gasteiger partial charge in [-0.1, -0.05) is 17.7 Å². The molecule has 1 aromatic heterocycles. The highest BCUT2D eigenvalue weighted by Gasteiger charge is 2.08. The minimum absolute atomic E-state index is 0.0498. The van der Waals surface area contributed by atoms with E-state index in [1.807, 2.05) is 0 Å². The molecule has 0 spiro atoms. The van der Waals surface area contributed by atoms with Crippen LogP contribution in [0.15, 0.2) is 24.4 Å². The number of amides is 1. The minimum atomic E-state index is -0.443. The first-order valence-corrected chi connectivity index (χ1v) is 8.03. The number of benzene rings is 1. The van der Waals surface area contributed by atoms with Gasteiger partial charge in [0.25, 0.3) is 5.91 Å². The van der Waals surface area contributed by atoms with Crippen molar-refractivity contribution in [2.75, 3.05) is 32.2 Å². The lowest BCUT2D eigenvalue weighted by Crippen LogP contribution is -2.19. The molecule has 0 bridgehead atoms. The lowest BCUT2D eigenvalue weighted by Gasteiger charge is -2.03. The molecule has 0 atom stereocenters. The van der Waals surface area contributed by atoms with Gasteiger partial charge < -0.3 is 9.47 Å². The summed E-state index contributed by atoms with van der Waals surface area (Å²) in [7, 11) is 1.56. The van der Waals surface area contributed by atoms with Crippen molar-refractivity contribution in [2.24, 2.45) is 0 Å². The van der Waals surface area contributed by atoms with E-state index in [-0.39, 0.29) is 17.5 Å². The minimum Gasteiger partial charge on any atom is -0.382 e. The van der Waals surface area contributed by atoms with Gasteiger partial charge in [0.05, 0.1) is 18.2 Å². The molecule has 0 fully saturated rings. The first kappa shape index (κ1) is 17.8. The molecule has 1 N–H and O–H groups in total. The second-order valence-electron chi connectivity index (χ2n) is 4.65. The number of aromatic nitrogens is 1. The highest BCUT2D eigenvalue weighted by molar-refractivity contribution is 7.15. The Labute approximate surface area is 142 Å². The molecule has 2 aromatic rings.